The third kappa shape index (κ3) is 2.69. The molecule has 88 valence electrons. The number of pyridine rings is 1. The molecule has 0 aliphatic heterocycles. The summed E-state index contributed by atoms with van der Waals surface area (Å²) in [5, 5.41) is 12.5. The standard InChI is InChI=1S/C10H13ClN4.ClH/c1-3-14-8-5-9(13)15(4-2)10(11)7(8)6-12;/h5H,3-4H2,1-2H3,(H2,13,14);1H. The van der Waals surface area contributed by atoms with Crippen LogP contribution in [-0.2, 0) is 6.54 Å². The molecule has 1 aromatic rings. The largest absolute Gasteiger partial charge is 1.00 e. The lowest BCUT2D eigenvalue weighted by molar-refractivity contribution is -0.677. The number of rotatable bonds is 3. The van der Waals surface area contributed by atoms with Crippen LogP contribution in [0.2, 0.25) is 5.15 Å². The van der Waals surface area contributed by atoms with E-state index < -0.39 is 0 Å². The highest BCUT2D eigenvalue weighted by molar-refractivity contribution is 6.30. The van der Waals surface area contributed by atoms with Crippen LogP contribution in [0.15, 0.2) is 6.07 Å². The highest BCUT2D eigenvalue weighted by atomic mass is 35.5. The Morgan fingerprint density at radius 1 is 1.56 bits per heavy atom. The molecule has 16 heavy (non-hydrogen) atoms. The molecule has 6 heteroatoms. The van der Waals surface area contributed by atoms with Crippen LogP contribution in [0.3, 0.4) is 0 Å². The zero-order valence-corrected chi connectivity index (χ0v) is 10.7. The zero-order valence-electron chi connectivity index (χ0n) is 9.22. The lowest BCUT2D eigenvalue weighted by Crippen LogP contribution is -3.00. The minimum absolute atomic E-state index is 0. The lowest BCUT2D eigenvalue weighted by atomic mass is 10.2. The third-order valence-corrected chi connectivity index (χ3v) is 2.50. The second-order valence-electron chi connectivity index (χ2n) is 3.04. The van der Waals surface area contributed by atoms with E-state index in [1.165, 1.54) is 0 Å². The maximum absolute atomic E-state index is 9.01. The summed E-state index contributed by atoms with van der Waals surface area (Å²) in [5.41, 5.74) is 6.94. The van der Waals surface area contributed by atoms with Crippen molar-refractivity contribution in [2.45, 2.75) is 20.4 Å². The summed E-state index contributed by atoms with van der Waals surface area (Å²) < 4.78 is 1.70. The fourth-order valence-electron chi connectivity index (χ4n) is 1.42. The Bertz CT molecular complexity index is 412. The van der Waals surface area contributed by atoms with Crippen molar-refractivity contribution in [3.8, 4) is 6.07 Å². The predicted molar refractivity (Wildman–Crippen MR) is 60.6 cm³/mol. The van der Waals surface area contributed by atoms with Gasteiger partial charge < -0.3 is 17.7 Å². The van der Waals surface area contributed by atoms with Crippen LogP contribution in [-0.4, -0.2) is 6.54 Å². The molecule has 0 fully saturated rings. The predicted octanol–water partition coefficient (Wildman–Crippen LogP) is -1.46. The number of aromatic nitrogens is 1. The molecule has 1 rings (SSSR count). The van der Waals surface area contributed by atoms with Gasteiger partial charge in [-0.2, -0.15) is 5.26 Å². The number of hydrogen-bond acceptors (Lipinski definition) is 3. The first-order valence-corrected chi connectivity index (χ1v) is 5.19. The topological polar surface area (TPSA) is 65.7 Å². The van der Waals surface area contributed by atoms with Crippen molar-refractivity contribution in [1.29, 1.82) is 5.26 Å². The van der Waals surface area contributed by atoms with Gasteiger partial charge in [-0.3, -0.25) is 5.73 Å². The van der Waals surface area contributed by atoms with Crippen molar-refractivity contribution in [1.82, 2.24) is 0 Å². The summed E-state index contributed by atoms with van der Waals surface area (Å²) in [7, 11) is 0. The zero-order chi connectivity index (χ0) is 11.4. The van der Waals surface area contributed by atoms with Crippen molar-refractivity contribution in [2.75, 3.05) is 17.6 Å². The van der Waals surface area contributed by atoms with E-state index in [0.717, 1.165) is 6.54 Å². The molecular weight excluding hydrogens is 247 g/mol. The van der Waals surface area contributed by atoms with Gasteiger partial charge in [0.1, 0.15) is 11.6 Å². The second-order valence-corrected chi connectivity index (χ2v) is 3.39. The second kappa shape index (κ2) is 6.41. The molecule has 0 radical (unpaired) electrons. The molecule has 0 unspecified atom stereocenters. The normalized spacial score (nSPS) is 9.12. The van der Waals surface area contributed by atoms with Crippen LogP contribution in [0.25, 0.3) is 0 Å². The van der Waals surface area contributed by atoms with Gasteiger partial charge >= 0.3 is 0 Å². The molecule has 0 atom stereocenters. The molecule has 0 saturated carbocycles. The molecule has 0 aromatic carbocycles. The average molecular weight is 261 g/mol. The number of nitrogens with two attached hydrogens (primary N) is 1. The number of nitriles is 1. The highest BCUT2D eigenvalue weighted by Gasteiger charge is 2.17. The molecule has 0 amide bonds. The van der Waals surface area contributed by atoms with Crippen LogP contribution in [0.5, 0.6) is 0 Å². The first kappa shape index (κ1) is 14.8. The maximum atomic E-state index is 9.01. The summed E-state index contributed by atoms with van der Waals surface area (Å²) in [6.45, 7) is 5.24. The first-order chi connectivity index (χ1) is 7.15. The molecule has 0 spiro atoms. The van der Waals surface area contributed by atoms with Gasteiger partial charge in [0.2, 0.25) is 5.15 Å². The Morgan fingerprint density at radius 2 is 2.19 bits per heavy atom. The van der Waals surface area contributed by atoms with Crippen LogP contribution in [0.4, 0.5) is 11.5 Å². The molecule has 0 bridgehead atoms. The Kier molecular flexibility index (Phi) is 5.94. The summed E-state index contributed by atoms with van der Waals surface area (Å²) in [5.74, 6) is 0.553. The van der Waals surface area contributed by atoms with Crippen molar-refractivity contribution in [2.24, 2.45) is 0 Å². The minimum Gasteiger partial charge on any atom is -1.00 e. The number of nitrogens with one attached hydrogen (secondary N) is 1. The fourth-order valence-corrected chi connectivity index (χ4v) is 1.78. The van der Waals surface area contributed by atoms with Gasteiger partial charge in [-0.1, -0.05) is 0 Å². The smallest absolute Gasteiger partial charge is 0.275 e. The number of hydrogen-bond donors (Lipinski definition) is 2. The maximum Gasteiger partial charge on any atom is 0.275 e. The van der Waals surface area contributed by atoms with Gasteiger partial charge in [-0.15, -0.1) is 0 Å². The number of halogens is 2. The number of nitrogen functional groups attached to an aromatic ring is 1. The molecule has 0 aliphatic carbocycles. The third-order valence-electron chi connectivity index (χ3n) is 2.11. The van der Waals surface area contributed by atoms with Gasteiger partial charge in [0.05, 0.1) is 18.3 Å². The van der Waals surface area contributed by atoms with Gasteiger partial charge in [0.25, 0.3) is 5.82 Å². The summed E-state index contributed by atoms with van der Waals surface area (Å²) >= 11 is 6.08. The van der Waals surface area contributed by atoms with Gasteiger partial charge in [-0.05, 0) is 25.4 Å². The molecule has 4 nitrogen and oxygen atoms in total. The molecular formula is C10H14Cl2N4. The SMILES string of the molecule is CCNc1cc(N)[n+](CC)c(Cl)c1C#N.[Cl-]. The van der Waals surface area contributed by atoms with E-state index in [9.17, 15) is 0 Å². The van der Waals surface area contributed by atoms with Gasteiger partial charge in [-0.25, -0.2) is 4.57 Å². The van der Waals surface area contributed by atoms with E-state index in [1.807, 2.05) is 13.8 Å². The van der Waals surface area contributed by atoms with E-state index in [-0.39, 0.29) is 12.4 Å². The molecule has 1 heterocycles. The average Bonchev–Trinajstić information content (AvgIpc) is 2.19. The molecule has 1 aromatic heterocycles. The molecule has 0 saturated heterocycles. The van der Waals surface area contributed by atoms with Crippen molar-refractivity contribution < 1.29 is 17.0 Å². The van der Waals surface area contributed by atoms with E-state index in [1.54, 1.807) is 10.6 Å². The summed E-state index contributed by atoms with van der Waals surface area (Å²) in [6, 6.07) is 3.81. The highest BCUT2D eigenvalue weighted by Crippen LogP contribution is 2.22. The Hall–Kier alpha value is -1.18. The van der Waals surface area contributed by atoms with Crippen LogP contribution in [0.1, 0.15) is 19.4 Å². The quantitative estimate of drug-likeness (QED) is 0.516. The Morgan fingerprint density at radius 3 is 2.62 bits per heavy atom. The number of anilines is 2. The molecule has 3 N–H and O–H groups in total. The van der Waals surface area contributed by atoms with Crippen molar-refractivity contribution in [3.05, 3.63) is 16.8 Å². The van der Waals surface area contributed by atoms with E-state index >= 15 is 0 Å². The fraction of sp³-hybridized carbons (Fsp3) is 0.400. The van der Waals surface area contributed by atoms with Crippen LogP contribution in [0, 0.1) is 11.3 Å². The number of nitrogens with zero attached hydrogens (tertiary/aromatic N) is 2. The van der Waals surface area contributed by atoms with Gasteiger partial charge in [0, 0.05) is 6.54 Å². The van der Waals surface area contributed by atoms with E-state index in [2.05, 4.69) is 11.4 Å². The molecule has 0 aliphatic rings. The Labute approximate surface area is 106 Å². The monoisotopic (exact) mass is 260 g/mol. The van der Waals surface area contributed by atoms with E-state index in [4.69, 9.17) is 22.6 Å². The van der Waals surface area contributed by atoms with Crippen LogP contribution < -0.4 is 28.0 Å². The Balaban J connectivity index is 0.00000225. The summed E-state index contributed by atoms with van der Waals surface area (Å²) in [6.07, 6.45) is 0. The van der Waals surface area contributed by atoms with Crippen molar-refractivity contribution in [3.63, 3.8) is 0 Å². The lowest BCUT2D eigenvalue weighted by Gasteiger charge is -2.09. The minimum atomic E-state index is 0. The van der Waals surface area contributed by atoms with Gasteiger partial charge in [0.15, 0.2) is 0 Å². The van der Waals surface area contributed by atoms with E-state index in [0.29, 0.717) is 28.8 Å². The first-order valence-electron chi connectivity index (χ1n) is 4.81. The summed E-state index contributed by atoms with van der Waals surface area (Å²) in [4.78, 5) is 0. The van der Waals surface area contributed by atoms with Crippen LogP contribution >= 0.6 is 11.6 Å². The van der Waals surface area contributed by atoms with Crippen molar-refractivity contribution >= 4 is 23.1 Å².